The molecule has 0 spiro atoms. The zero-order valence-corrected chi connectivity index (χ0v) is 8.71. The van der Waals surface area contributed by atoms with Gasteiger partial charge in [-0.1, -0.05) is 37.5 Å². The number of benzene rings is 1. The zero-order chi connectivity index (χ0) is 10.7. The minimum Gasteiger partial charge on any atom is -0.302 e. The number of aldehydes is 1. The van der Waals surface area contributed by atoms with Crippen LogP contribution in [-0.4, -0.2) is 6.29 Å². The molecule has 0 bridgehead atoms. The first kappa shape index (κ1) is 10.3. The van der Waals surface area contributed by atoms with Crippen LogP contribution >= 0.6 is 0 Å². The lowest BCUT2D eigenvalue weighted by Gasteiger charge is -2.32. The van der Waals surface area contributed by atoms with Crippen molar-refractivity contribution in [3.05, 3.63) is 35.6 Å². The highest BCUT2D eigenvalue weighted by Gasteiger charge is 2.35. The number of rotatable bonds is 2. The molecule has 0 radical (unpaired) electrons. The number of hydrogen-bond donors (Lipinski definition) is 0. The van der Waals surface area contributed by atoms with Crippen molar-refractivity contribution in [2.24, 2.45) is 0 Å². The highest BCUT2D eigenvalue weighted by molar-refractivity contribution is 5.69. The van der Waals surface area contributed by atoms with Crippen molar-refractivity contribution in [1.29, 1.82) is 0 Å². The monoisotopic (exact) mass is 206 g/mol. The Morgan fingerprint density at radius 3 is 2.40 bits per heavy atom. The molecule has 15 heavy (non-hydrogen) atoms. The summed E-state index contributed by atoms with van der Waals surface area (Å²) >= 11 is 0. The van der Waals surface area contributed by atoms with E-state index in [1.54, 1.807) is 18.2 Å². The van der Waals surface area contributed by atoms with E-state index < -0.39 is 5.41 Å². The van der Waals surface area contributed by atoms with Crippen LogP contribution in [-0.2, 0) is 10.2 Å². The SMILES string of the molecule is O=CC1(c2ccccc2F)CCCCC1. The predicted molar refractivity (Wildman–Crippen MR) is 57.2 cm³/mol. The van der Waals surface area contributed by atoms with E-state index in [-0.39, 0.29) is 5.82 Å². The lowest BCUT2D eigenvalue weighted by molar-refractivity contribution is -0.113. The third-order valence-electron chi connectivity index (χ3n) is 3.38. The summed E-state index contributed by atoms with van der Waals surface area (Å²) in [6, 6.07) is 6.66. The Morgan fingerprint density at radius 1 is 1.13 bits per heavy atom. The average Bonchev–Trinajstić information content (AvgIpc) is 2.30. The van der Waals surface area contributed by atoms with Gasteiger partial charge >= 0.3 is 0 Å². The van der Waals surface area contributed by atoms with Crippen molar-refractivity contribution in [2.75, 3.05) is 0 Å². The fourth-order valence-electron chi connectivity index (χ4n) is 2.50. The third kappa shape index (κ3) is 1.81. The van der Waals surface area contributed by atoms with Crippen LogP contribution in [0.25, 0.3) is 0 Å². The van der Waals surface area contributed by atoms with Gasteiger partial charge in [0.25, 0.3) is 0 Å². The van der Waals surface area contributed by atoms with Crippen LogP contribution in [0.3, 0.4) is 0 Å². The van der Waals surface area contributed by atoms with Gasteiger partial charge < -0.3 is 4.79 Å². The smallest absolute Gasteiger partial charge is 0.130 e. The predicted octanol–water partition coefficient (Wildman–Crippen LogP) is 3.23. The van der Waals surface area contributed by atoms with Crippen LogP contribution in [0.1, 0.15) is 37.7 Å². The first-order valence-corrected chi connectivity index (χ1v) is 5.50. The molecule has 1 aromatic carbocycles. The Bertz CT molecular complexity index is 353. The van der Waals surface area contributed by atoms with Gasteiger partial charge in [-0.15, -0.1) is 0 Å². The molecule has 0 atom stereocenters. The maximum atomic E-state index is 13.6. The van der Waals surface area contributed by atoms with Gasteiger partial charge in [-0.05, 0) is 18.9 Å². The summed E-state index contributed by atoms with van der Waals surface area (Å²) in [4.78, 5) is 11.3. The summed E-state index contributed by atoms with van der Waals surface area (Å²) in [5, 5.41) is 0. The number of carbonyl (C=O) groups excluding carboxylic acids is 1. The van der Waals surface area contributed by atoms with Gasteiger partial charge in [-0.25, -0.2) is 4.39 Å². The summed E-state index contributed by atoms with van der Waals surface area (Å²) in [5.74, 6) is -0.244. The molecule has 0 aromatic heterocycles. The maximum Gasteiger partial charge on any atom is 0.130 e. The molecule has 1 fully saturated rings. The number of carbonyl (C=O) groups is 1. The van der Waals surface area contributed by atoms with Crippen LogP contribution in [0, 0.1) is 5.82 Å². The molecule has 0 aliphatic heterocycles. The lowest BCUT2D eigenvalue weighted by Crippen LogP contribution is -2.31. The minimum absolute atomic E-state index is 0.244. The summed E-state index contributed by atoms with van der Waals surface area (Å²) in [5.41, 5.74) is 0.0311. The highest BCUT2D eigenvalue weighted by atomic mass is 19.1. The molecule has 1 aliphatic carbocycles. The van der Waals surface area contributed by atoms with Crippen molar-refractivity contribution in [2.45, 2.75) is 37.5 Å². The minimum atomic E-state index is -0.552. The largest absolute Gasteiger partial charge is 0.302 e. The molecular formula is C13H15FO. The van der Waals surface area contributed by atoms with E-state index in [2.05, 4.69) is 0 Å². The summed E-state index contributed by atoms with van der Waals surface area (Å²) < 4.78 is 13.6. The molecule has 0 heterocycles. The van der Waals surface area contributed by atoms with E-state index in [1.807, 2.05) is 0 Å². The normalized spacial score (nSPS) is 19.8. The molecule has 1 nitrogen and oxygen atoms in total. The second kappa shape index (κ2) is 4.13. The molecule has 2 rings (SSSR count). The van der Waals surface area contributed by atoms with Crippen molar-refractivity contribution in [3.63, 3.8) is 0 Å². The molecule has 2 heteroatoms. The molecule has 1 aromatic rings. The van der Waals surface area contributed by atoms with Gasteiger partial charge in [0.2, 0.25) is 0 Å². The summed E-state index contributed by atoms with van der Waals surface area (Å²) in [7, 11) is 0. The Morgan fingerprint density at radius 2 is 1.80 bits per heavy atom. The summed E-state index contributed by atoms with van der Waals surface area (Å²) in [6.07, 6.45) is 5.73. The fraction of sp³-hybridized carbons (Fsp3) is 0.462. The van der Waals surface area contributed by atoms with Crippen LogP contribution in [0.4, 0.5) is 4.39 Å². The first-order chi connectivity index (χ1) is 7.28. The molecular weight excluding hydrogens is 191 g/mol. The summed E-state index contributed by atoms with van der Waals surface area (Å²) in [6.45, 7) is 0. The number of halogens is 1. The van der Waals surface area contributed by atoms with Crippen molar-refractivity contribution in [3.8, 4) is 0 Å². The topological polar surface area (TPSA) is 17.1 Å². The molecule has 1 aliphatic rings. The van der Waals surface area contributed by atoms with Crippen molar-refractivity contribution >= 4 is 6.29 Å². The molecule has 0 N–H and O–H groups in total. The van der Waals surface area contributed by atoms with Crippen LogP contribution in [0.2, 0.25) is 0 Å². The van der Waals surface area contributed by atoms with Gasteiger partial charge in [0.05, 0.1) is 5.41 Å². The molecule has 0 saturated heterocycles. The van der Waals surface area contributed by atoms with E-state index in [4.69, 9.17) is 0 Å². The molecule has 0 amide bonds. The highest BCUT2D eigenvalue weighted by Crippen LogP contribution is 2.38. The van der Waals surface area contributed by atoms with Crippen molar-refractivity contribution < 1.29 is 9.18 Å². The van der Waals surface area contributed by atoms with E-state index in [0.717, 1.165) is 38.4 Å². The van der Waals surface area contributed by atoms with E-state index >= 15 is 0 Å². The van der Waals surface area contributed by atoms with E-state index in [9.17, 15) is 9.18 Å². The van der Waals surface area contributed by atoms with Crippen molar-refractivity contribution in [1.82, 2.24) is 0 Å². The van der Waals surface area contributed by atoms with Gasteiger partial charge in [-0.3, -0.25) is 0 Å². The Hall–Kier alpha value is -1.18. The Labute approximate surface area is 89.3 Å². The fourth-order valence-corrected chi connectivity index (χ4v) is 2.50. The first-order valence-electron chi connectivity index (χ1n) is 5.50. The van der Waals surface area contributed by atoms with Crippen LogP contribution in [0.15, 0.2) is 24.3 Å². The van der Waals surface area contributed by atoms with Gasteiger partial charge in [0, 0.05) is 5.56 Å². The quantitative estimate of drug-likeness (QED) is 0.679. The lowest BCUT2D eigenvalue weighted by atomic mass is 9.70. The van der Waals surface area contributed by atoms with Gasteiger partial charge in [0.15, 0.2) is 0 Å². The van der Waals surface area contributed by atoms with Crippen LogP contribution in [0.5, 0.6) is 0 Å². The standard InChI is InChI=1S/C13H15FO/c14-12-7-3-2-6-11(12)13(10-15)8-4-1-5-9-13/h2-3,6-7,10H,1,4-5,8-9H2. The van der Waals surface area contributed by atoms with Gasteiger partial charge in [0.1, 0.15) is 12.1 Å². The zero-order valence-electron chi connectivity index (χ0n) is 8.71. The van der Waals surface area contributed by atoms with E-state index in [0.29, 0.717) is 5.56 Å². The average molecular weight is 206 g/mol. The Balaban J connectivity index is 2.41. The number of hydrogen-bond acceptors (Lipinski definition) is 1. The second-order valence-electron chi connectivity index (χ2n) is 4.31. The molecule has 0 unspecified atom stereocenters. The molecule has 1 saturated carbocycles. The second-order valence-corrected chi connectivity index (χ2v) is 4.31. The van der Waals surface area contributed by atoms with E-state index in [1.165, 1.54) is 6.07 Å². The van der Waals surface area contributed by atoms with Crippen LogP contribution < -0.4 is 0 Å². The maximum absolute atomic E-state index is 13.6. The third-order valence-corrected chi connectivity index (χ3v) is 3.38. The molecule has 80 valence electrons. The van der Waals surface area contributed by atoms with Gasteiger partial charge in [-0.2, -0.15) is 0 Å². The Kier molecular flexibility index (Phi) is 2.85.